The lowest BCUT2D eigenvalue weighted by Gasteiger charge is -2.15. The Morgan fingerprint density at radius 2 is 1.54 bits per heavy atom. The fourth-order valence-corrected chi connectivity index (χ4v) is 1.88. The highest BCUT2D eigenvalue weighted by molar-refractivity contribution is 4.60. The molecule has 0 saturated heterocycles. The van der Waals surface area contributed by atoms with Crippen molar-refractivity contribution in [3.05, 3.63) is 0 Å². The van der Waals surface area contributed by atoms with Crippen molar-refractivity contribution in [2.24, 2.45) is 11.3 Å². The van der Waals surface area contributed by atoms with E-state index in [1.165, 1.54) is 38.5 Å². The van der Waals surface area contributed by atoms with Gasteiger partial charge in [0, 0.05) is 0 Å². The minimum Gasteiger partial charge on any atom is -0.0654 e. The molecule has 1 fully saturated rings. The van der Waals surface area contributed by atoms with Gasteiger partial charge in [0.25, 0.3) is 0 Å². The Balaban J connectivity index is 0.000000223. The molecule has 0 radical (unpaired) electrons. The quantitative estimate of drug-likeness (QED) is 0.536. The molecule has 0 heteroatoms. The van der Waals surface area contributed by atoms with Gasteiger partial charge in [0.05, 0.1) is 0 Å². The summed E-state index contributed by atoms with van der Waals surface area (Å²) in [6, 6.07) is 0. The molecule has 0 unspecified atom stereocenters. The summed E-state index contributed by atoms with van der Waals surface area (Å²) in [4.78, 5) is 0. The molecular formula is C13H28. The molecule has 0 aliphatic heterocycles. The van der Waals surface area contributed by atoms with E-state index >= 15 is 0 Å². The van der Waals surface area contributed by atoms with Crippen LogP contribution in [-0.2, 0) is 0 Å². The Morgan fingerprint density at radius 1 is 1.08 bits per heavy atom. The van der Waals surface area contributed by atoms with E-state index in [9.17, 15) is 0 Å². The van der Waals surface area contributed by atoms with Crippen molar-refractivity contribution in [3.8, 4) is 0 Å². The van der Waals surface area contributed by atoms with E-state index in [-0.39, 0.29) is 0 Å². The van der Waals surface area contributed by atoms with Crippen molar-refractivity contribution in [1.29, 1.82) is 0 Å². The van der Waals surface area contributed by atoms with Crippen molar-refractivity contribution in [2.45, 2.75) is 73.1 Å². The fraction of sp³-hybridized carbons (Fsp3) is 1.00. The Hall–Kier alpha value is 0. The van der Waals surface area contributed by atoms with E-state index in [1.54, 1.807) is 0 Å². The Labute approximate surface area is 85.1 Å². The Kier molecular flexibility index (Phi) is 6.45. The van der Waals surface area contributed by atoms with Crippen LogP contribution in [0.4, 0.5) is 0 Å². The van der Waals surface area contributed by atoms with Crippen molar-refractivity contribution < 1.29 is 0 Å². The number of rotatable bonds is 1. The predicted octanol–water partition coefficient (Wildman–Crippen LogP) is 5.03. The van der Waals surface area contributed by atoms with E-state index in [1.807, 2.05) is 0 Å². The molecule has 0 aromatic carbocycles. The first-order valence-electron chi connectivity index (χ1n) is 5.95. The first-order chi connectivity index (χ1) is 5.95. The van der Waals surface area contributed by atoms with Gasteiger partial charge in [-0.1, -0.05) is 66.7 Å². The van der Waals surface area contributed by atoms with Gasteiger partial charge in [-0.25, -0.2) is 0 Å². The topological polar surface area (TPSA) is 0 Å². The second kappa shape index (κ2) is 6.45. The van der Waals surface area contributed by atoms with Crippen LogP contribution in [0.3, 0.4) is 0 Å². The zero-order valence-electron chi connectivity index (χ0n) is 10.3. The molecule has 0 nitrogen and oxygen atoms in total. The van der Waals surface area contributed by atoms with Gasteiger partial charge in [-0.05, 0) is 17.8 Å². The smallest absolute Gasteiger partial charge is 0.0383 e. The summed E-state index contributed by atoms with van der Waals surface area (Å²) in [5.74, 6) is 1.05. The standard InChI is InChI=1S/C7H16.C6H12/c1-5-6-7(2,3)4;1-6-4-2-3-5-6/h5-6H2,1-4H3;6H,2-5H2,1H3. The largest absolute Gasteiger partial charge is 0.0654 e. The molecule has 0 N–H and O–H groups in total. The average molecular weight is 184 g/mol. The summed E-state index contributed by atoms with van der Waals surface area (Å²) >= 11 is 0. The zero-order chi connectivity index (χ0) is 10.3. The van der Waals surface area contributed by atoms with Crippen molar-refractivity contribution in [3.63, 3.8) is 0 Å². The SMILES string of the molecule is CC1CCCC1.CCCC(C)(C)C. The molecular weight excluding hydrogens is 156 g/mol. The second-order valence-corrected chi connectivity index (χ2v) is 5.70. The summed E-state index contributed by atoms with van der Waals surface area (Å²) in [6.45, 7) is 11.4. The summed E-state index contributed by atoms with van der Waals surface area (Å²) in [5.41, 5.74) is 0.550. The first-order valence-corrected chi connectivity index (χ1v) is 5.95. The maximum Gasteiger partial charge on any atom is -0.0383 e. The Bertz CT molecular complexity index is 102. The van der Waals surface area contributed by atoms with Crippen molar-refractivity contribution in [1.82, 2.24) is 0 Å². The molecule has 0 bridgehead atoms. The molecule has 0 amide bonds. The van der Waals surface area contributed by atoms with E-state index in [0.717, 1.165) is 5.92 Å². The van der Waals surface area contributed by atoms with Crippen LogP contribution >= 0.6 is 0 Å². The van der Waals surface area contributed by atoms with Crippen LogP contribution in [0.25, 0.3) is 0 Å². The van der Waals surface area contributed by atoms with Gasteiger partial charge in [-0.3, -0.25) is 0 Å². The van der Waals surface area contributed by atoms with Gasteiger partial charge in [0.2, 0.25) is 0 Å². The molecule has 13 heavy (non-hydrogen) atoms. The molecule has 0 aromatic rings. The molecule has 0 heterocycles. The first kappa shape index (κ1) is 13.0. The molecule has 1 rings (SSSR count). The summed E-state index contributed by atoms with van der Waals surface area (Å²) in [6.07, 6.45) is 8.60. The lowest BCUT2D eigenvalue weighted by molar-refractivity contribution is 0.373. The van der Waals surface area contributed by atoms with Gasteiger partial charge < -0.3 is 0 Å². The van der Waals surface area contributed by atoms with Crippen LogP contribution in [0.15, 0.2) is 0 Å². The van der Waals surface area contributed by atoms with E-state index in [0.29, 0.717) is 5.41 Å². The third-order valence-electron chi connectivity index (χ3n) is 2.64. The van der Waals surface area contributed by atoms with Crippen LogP contribution in [0, 0.1) is 11.3 Å². The molecule has 0 spiro atoms. The average Bonchev–Trinajstić information content (AvgIpc) is 2.38. The third-order valence-corrected chi connectivity index (χ3v) is 2.64. The monoisotopic (exact) mass is 184 g/mol. The molecule has 80 valence electrons. The minimum atomic E-state index is 0.550. The number of hydrogen-bond acceptors (Lipinski definition) is 0. The molecule has 0 aromatic heterocycles. The van der Waals surface area contributed by atoms with E-state index in [2.05, 4.69) is 34.6 Å². The number of hydrogen-bond donors (Lipinski definition) is 0. The maximum atomic E-state index is 2.34. The second-order valence-electron chi connectivity index (χ2n) is 5.70. The van der Waals surface area contributed by atoms with Gasteiger partial charge >= 0.3 is 0 Å². The Morgan fingerprint density at radius 3 is 1.62 bits per heavy atom. The molecule has 1 aliphatic carbocycles. The van der Waals surface area contributed by atoms with Gasteiger partial charge in [-0.15, -0.1) is 0 Å². The summed E-state index contributed by atoms with van der Waals surface area (Å²) in [5, 5.41) is 0. The third kappa shape index (κ3) is 9.92. The highest BCUT2D eigenvalue weighted by atomic mass is 14.1. The maximum absolute atomic E-state index is 2.34. The lowest BCUT2D eigenvalue weighted by atomic mass is 9.91. The highest BCUT2D eigenvalue weighted by Crippen LogP contribution is 2.23. The molecule has 1 aliphatic rings. The minimum absolute atomic E-state index is 0.550. The van der Waals surface area contributed by atoms with Gasteiger partial charge in [-0.2, -0.15) is 0 Å². The van der Waals surface area contributed by atoms with E-state index < -0.39 is 0 Å². The fourth-order valence-electron chi connectivity index (χ4n) is 1.88. The summed E-state index contributed by atoms with van der Waals surface area (Å²) < 4.78 is 0. The lowest BCUT2D eigenvalue weighted by Crippen LogP contribution is -2.02. The summed E-state index contributed by atoms with van der Waals surface area (Å²) in [7, 11) is 0. The van der Waals surface area contributed by atoms with Crippen LogP contribution < -0.4 is 0 Å². The normalized spacial score (nSPS) is 18.2. The molecule has 1 saturated carbocycles. The zero-order valence-corrected chi connectivity index (χ0v) is 10.3. The van der Waals surface area contributed by atoms with Gasteiger partial charge in [0.1, 0.15) is 0 Å². The predicted molar refractivity (Wildman–Crippen MR) is 62.0 cm³/mol. The van der Waals surface area contributed by atoms with Crippen LogP contribution in [-0.4, -0.2) is 0 Å². The highest BCUT2D eigenvalue weighted by Gasteiger charge is 2.07. The van der Waals surface area contributed by atoms with Gasteiger partial charge in [0.15, 0.2) is 0 Å². The van der Waals surface area contributed by atoms with Crippen LogP contribution in [0.2, 0.25) is 0 Å². The van der Waals surface area contributed by atoms with Crippen LogP contribution in [0.1, 0.15) is 73.1 Å². The molecule has 0 atom stereocenters. The van der Waals surface area contributed by atoms with Crippen molar-refractivity contribution in [2.75, 3.05) is 0 Å². The van der Waals surface area contributed by atoms with E-state index in [4.69, 9.17) is 0 Å². The van der Waals surface area contributed by atoms with Crippen LogP contribution in [0.5, 0.6) is 0 Å². The van der Waals surface area contributed by atoms with Crippen molar-refractivity contribution >= 4 is 0 Å².